The zero-order valence-electron chi connectivity index (χ0n) is 12.9. The molecule has 1 aromatic rings. The van der Waals surface area contributed by atoms with Gasteiger partial charge in [0.2, 0.25) is 0 Å². The van der Waals surface area contributed by atoms with Crippen LogP contribution in [0.15, 0.2) is 23.1 Å². The lowest BCUT2D eigenvalue weighted by molar-refractivity contribution is -0.385. The lowest BCUT2D eigenvalue weighted by Crippen LogP contribution is -2.53. The van der Waals surface area contributed by atoms with Crippen molar-refractivity contribution in [2.75, 3.05) is 12.8 Å². The van der Waals surface area contributed by atoms with E-state index in [4.69, 9.17) is 5.73 Å². The highest BCUT2D eigenvalue weighted by Gasteiger charge is 2.41. The maximum atomic E-state index is 12.4. The van der Waals surface area contributed by atoms with Gasteiger partial charge in [-0.25, -0.2) is 8.42 Å². The van der Waals surface area contributed by atoms with Gasteiger partial charge in [0.25, 0.3) is 11.6 Å². The number of carbonyl (C=O) groups excluding carboxylic acids is 1. The molecule has 1 fully saturated rings. The van der Waals surface area contributed by atoms with Gasteiger partial charge in [-0.05, 0) is 31.7 Å². The molecule has 0 saturated heterocycles. The van der Waals surface area contributed by atoms with Crippen molar-refractivity contribution in [1.82, 2.24) is 5.32 Å². The number of nitro groups is 1. The van der Waals surface area contributed by atoms with E-state index in [0.29, 0.717) is 0 Å². The van der Waals surface area contributed by atoms with Crippen LogP contribution >= 0.6 is 0 Å². The molecule has 9 heteroatoms. The fourth-order valence-electron chi connectivity index (χ4n) is 2.41. The van der Waals surface area contributed by atoms with Crippen molar-refractivity contribution in [1.29, 1.82) is 0 Å². The largest absolute Gasteiger partial charge is 0.345 e. The number of sulfone groups is 1. The third-order valence-corrected chi connectivity index (χ3v) is 5.19. The van der Waals surface area contributed by atoms with Gasteiger partial charge < -0.3 is 11.1 Å². The second-order valence-electron chi connectivity index (χ2n) is 6.09. The molecule has 1 aliphatic carbocycles. The van der Waals surface area contributed by atoms with Gasteiger partial charge in [-0.3, -0.25) is 14.9 Å². The molecule has 8 nitrogen and oxygen atoms in total. The molecule has 0 bridgehead atoms. The van der Waals surface area contributed by atoms with Crippen LogP contribution in [-0.4, -0.2) is 37.6 Å². The molecule has 0 aromatic heterocycles. The molecule has 0 aliphatic heterocycles. The summed E-state index contributed by atoms with van der Waals surface area (Å²) in [6.07, 6.45) is 2.84. The van der Waals surface area contributed by atoms with Crippen LogP contribution in [-0.2, 0) is 9.84 Å². The summed E-state index contributed by atoms with van der Waals surface area (Å²) >= 11 is 0. The Morgan fingerprint density at radius 3 is 2.48 bits per heavy atom. The van der Waals surface area contributed by atoms with Crippen LogP contribution in [0.5, 0.6) is 0 Å². The third-order valence-electron chi connectivity index (χ3n) is 4.09. The Kier molecular flexibility index (Phi) is 4.45. The van der Waals surface area contributed by atoms with E-state index in [1.54, 1.807) is 0 Å². The first-order valence-corrected chi connectivity index (χ1v) is 8.98. The summed E-state index contributed by atoms with van der Waals surface area (Å²) in [4.78, 5) is 22.4. The quantitative estimate of drug-likeness (QED) is 0.582. The van der Waals surface area contributed by atoms with Crippen molar-refractivity contribution >= 4 is 21.4 Å². The Morgan fingerprint density at radius 2 is 2.04 bits per heavy atom. The molecule has 3 N–H and O–H groups in total. The minimum Gasteiger partial charge on any atom is -0.345 e. The average molecular weight is 341 g/mol. The number of non-ortho nitro benzene ring substituents is 1. The molecule has 1 amide bonds. The van der Waals surface area contributed by atoms with Crippen molar-refractivity contribution in [3.8, 4) is 0 Å². The van der Waals surface area contributed by atoms with Gasteiger partial charge in [0.15, 0.2) is 9.84 Å². The Bertz CT molecular complexity index is 758. The van der Waals surface area contributed by atoms with Crippen molar-refractivity contribution in [2.24, 2.45) is 11.7 Å². The van der Waals surface area contributed by atoms with E-state index in [0.717, 1.165) is 37.3 Å². The summed E-state index contributed by atoms with van der Waals surface area (Å²) in [6.45, 7) is 2.05. The molecule has 0 heterocycles. The summed E-state index contributed by atoms with van der Waals surface area (Å²) < 4.78 is 23.3. The molecule has 0 spiro atoms. The van der Waals surface area contributed by atoms with Crippen LogP contribution in [0.1, 0.15) is 30.1 Å². The highest BCUT2D eigenvalue weighted by molar-refractivity contribution is 7.90. The van der Waals surface area contributed by atoms with E-state index in [9.17, 15) is 23.3 Å². The number of nitrogens with one attached hydrogen (secondary N) is 1. The van der Waals surface area contributed by atoms with E-state index in [-0.39, 0.29) is 22.9 Å². The monoisotopic (exact) mass is 341 g/mol. The molecule has 1 atom stereocenters. The summed E-state index contributed by atoms with van der Waals surface area (Å²) in [7, 11) is -3.68. The molecule has 0 radical (unpaired) electrons. The van der Waals surface area contributed by atoms with Gasteiger partial charge in [-0.2, -0.15) is 0 Å². The minimum atomic E-state index is -3.68. The lowest BCUT2D eigenvalue weighted by atomic mass is 9.95. The summed E-state index contributed by atoms with van der Waals surface area (Å²) in [5.41, 5.74) is 4.61. The first-order chi connectivity index (χ1) is 10.6. The topological polar surface area (TPSA) is 132 Å². The molecule has 126 valence electrons. The fourth-order valence-corrected chi connectivity index (χ4v) is 3.08. The van der Waals surface area contributed by atoms with Gasteiger partial charge in [-0.15, -0.1) is 0 Å². The number of carbonyl (C=O) groups is 1. The zero-order valence-corrected chi connectivity index (χ0v) is 13.7. The predicted octanol–water partition coefficient (Wildman–Crippen LogP) is 0.855. The predicted molar refractivity (Wildman–Crippen MR) is 83.9 cm³/mol. The van der Waals surface area contributed by atoms with Crippen molar-refractivity contribution in [3.63, 3.8) is 0 Å². The maximum absolute atomic E-state index is 12.4. The SMILES string of the molecule is CC(CN)(NC(=O)c1cc([N+](=O)[O-])cc(S(C)(=O)=O)c1)C1CC1. The van der Waals surface area contributed by atoms with Crippen LogP contribution in [0.4, 0.5) is 5.69 Å². The fraction of sp³-hybridized carbons (Fsp3) is 0.500. The average Bonchev–Trinajstić information content (AvgIpc) is 3.30. The van der Waals surface area contributed by atoms with Crippen LogP contribution < -0.4 is 11.1 Å². The molecular weight excluding hydrogens is 322 g/mol. The van der Waals surface area contributed by atoms with Crippen molar-refractivity contribution in [2.45, 2.75) is 30.2 Å². The van der Waals surface area contributed by atoms with E-state index in [1.807, 2.05) is 6.92 Å². The second kappa shape index (κ2) is 5.89. The Labute approximate surface area is 134 Å². The van der Waals surface area contributed by atoms with Gasteiger partial charge in [-0.1, -0.05) is 0 Å². The zero-order chi connectivity index (χ0) is 17.4. The van der Waals surface area contributed by atoms with E-state index in [2.05, 4.69) is 5.32 Å². The lowest BCUT2D eigenvalue weighted by Gasteiger charge is -2.29. The van der Waals surface area contributed by atoms with E-state index >= 15 is 0 Å². The number of nitro benzene ring substituents is 1. The number of nitrogens with zero attached hydrogens (tertiary/aromatic N) is 1. The van der Waals surface area contributed by atoms with Crippen molar-refractivity contribution in [3.05, 3.63) is 33.9 Å². The Hall–Kier alpha value is -2.00. The first-order valence-electron chi connectivity index (χ1n) is 7.09. The maximum Gasteiger partial charge on any atom is 0.271 e. The first kappa shape index (κ1) is 17.4. The van der Waals surface area contributed by atoms with E-state index < -0.39 is 31.9 Å². The molecule has 2 rings (SSSR count). The van der Waals surface area contributed by atoms with Crippen LogP contribution in [0.25, 0.3) is 0 Å². The van der Waals surface area contributed by atoms with Gasteiger partial charge in [0.1, 0.15) is 0 Å². The van der Waals surface area contributed by atoms with Crippen LogP contribution in [0.3, 0.4) is 0 Å². The highest BCUT2D eigenvalue weighted by Crippen LogP contribution is 2.39. The standard InChI is InChI=1S/C14H19N3O5S/c1-14(8-15,10-3-4-10)16-13(18)9-5-11(17(19)20)7-12(6-9)23(2,21)22/h5-7,10H,3-4,8,15H2,1-2H3,(H,16,18). The minimum absolute atomic E-state index is 0.0695. The molecule has 1 saturated carbocycles. The number of hydrogen-bond donors (Lipinski definition) is 2. The summed E-state index contributed by atoms with van der Waals surface area (Å²) in [5, 5.41) is 13.8. The number of hydrogen-bond acceptors (Lipinski definition) is 6. The highest BCUT2D eigenvalue weighted by atomic mass is 32.2. The molecule has 1 aromatic carbocycles. The normalized spacial score (nSPS) is 17.3. The molecule has 1 aliphatic rings. The molecule has 1 unspecified atom stereocenters. The number of amides is 1. The second-order valence-corrected chi connectivity index (χ2v) is 8.11. The van der Waals surface area contributed by atoms with Gasteiger partial charge in [0.05, 0.1) is 15.4 Å². The Balaban J connectivity index is 2.39. The number of rotatable bonds is 6. The number of benzene rings is 1. The molecule has 23 heavy (non-hydrogen) atoms. The van der Waals surface area contributed by atoms with Crippen molar-refractivity contribution < 1.29 is 18.1 Å². The van der Waals surface area contributed by atoms with Crippen LogP contribution in [0.2, 0.25) is 0 Å². The van der Waals surface area contributed by atoms with E-state index in [1.165, 1.54) is 0 Å². The van der Waals surface area contributed by atoms with Crippen LogP contribution in [0, 0.1) is 16.0 Å². The Morgan fingerprint density at radius 1 is 1.43 bits per heavy atom. The molecular formula is C14H19N3O5S. The third kappa shape index (κ3) is 3.85. The summed E-state index contributed by atoms with van der Waals surface area (Å²) in [6, 6.07) is 3.14. The van der Waals surface area contributed by atoms with Gasteiger partial charge in [0, 0.05) is 30.5 Å². The smallest absolute Gasteiger partial charge is 0.271 e. The number of nitrogens with two attached hydrogens (primary N) is 1. The van der Waals surface area contributed by atoms with Gasteiger partial charge >= 0.3 is 0 Å². The summed E-state index contributed by atoms with van der Waals surface area (Å²) in [5.74, 6) is -0.303.